The maximum absolute atomic E-state index is 11.5. The lowest BCUT2D eigenvalue weighted by atomic mass is 10.2. The van der Waals surface area contributed by atoms with Crippen molar-refractivity contribution in [2.45, 2.75) is 32.1 Å². The average Bonchev–Trinajstić information content (AvgIpc) is 2.62. The van der Waals surface area contributed by atoms with Gasteiger partial charge in [-0.15, -0.1) is 11.6 Å². The summed E-state index contributed by atoms with van der Waals surface area (Å²) in [5.41, 5.74) is 0.549. The summed E-state index contributed by atoms with van der Waals surface area (Å²) < 4.78 is 5.05. The summed E-state index contributed by atoms with van der Waals surface area (Å²) in [5.74, 6) is 0.602. The quantitative estimate of drug-likeness (QED) is 0.789. The van der Waals surface area contributed by atoms with Gasteiger partial charge in [-0.2, -0.15) is 0 Å². The van der Waals surface area contributed by atoms with E-state index in [0.717, 1.165) is 18.6 Å². The van der Waals surface area contributed by atoms with Crippen LogP contribution >= 0.6 is 11.6 Å². The number of aryl methyl sites for hydroxylation is 1. The highest BCUT2D eigenvalue weighted by molar-refractivity contribution is 6.20. The van der Waals surface area contributed by atoms with Crippen molar-refractivity contribution in [3.8, 4) is 0 Å². The first kappa shape index (κ1) is 12.1. The molecular weight excluding hydrogens is 214 g/mol. The summed E-state index contributed by atoms with van der Waals surface area (Å²) in [5, 5.41) is 2.77. The third kappa shape index (κ3) is 3.96. The Morgan fingerprint density at radius 1 is 1.67 bits per heavy atom. The smallest absolute Gasteiger partial charge is 0.254 e. The van der Waals surface area contributed by atoms with Crippen LogP contribution in [-0.4, -0.2) is 17.8 Å². The molecule has 0 bridgehead atoms. The van der Waals surface area contributed by atoms with Gasteiger partial charge in [-0.05, 0) is 19.4 Å². The summed E-state index contributed by atoms with van der Waals surface area (Å²) in [7, 11) is 0. The number of halogens is 1. The van der Waals surface area contributed by atoms with E-state index < -0.39 is 0 Å². The second-order valence-corrected chi connectivity index (χ2v) is 4.16. The van der Waals surface area contributed by atoms with Crippen LogP contribution in [0.5, 0.6) is 0 Å². The Morgan fingerprint density at radius 2 is 2.40 bits per heavy atom. The molecule has 3 nitrogen and oxygen atoms in total. The van der Waals surface area contributed by atoms with Crippen molar-refractivity contribution in [3.05, 3.63) is 23.7 Å². The molecule has 0 aliphatic rings. The number of hydrogen-bond acceptors (Lipinski definition) is 2. The first-order valence-electron chi connectivity index (χ1n) is 5.11. The molecule has 0 spiro atoms. The van der Waals surface area contributed by atoms with E-state index in [1.165, 1.54) is 6.26 Å². The third-order valence-electron chi connectivity index (χ3n) is 2.08. The molecule has 1 aromatic heterocycles. The van der Waals surface area contributed by atoms with E-state index in [1.807, 2.05) is 0 Å². The number of hydrogen-bond donors (Lipinski definition) is 1. The molecule has 1 aromatic rings. The van der Waals surface area contributed by atoms with E-state index >= 15 is 0 Å². The summed E-state index contributed by atoms with van der Waals surface area (Å²) in [6.45, 7) is 4.37. The Hall–Kier alpha value is -0.960. The fourth-order valence-corrected chi connectivity index (χ4v) is 1.58. The highest BCUT2D eigenvalue weighted by atomic mass is 35.5. The number of rotatable bonds is 5. The van der Waals surface area contributed by atoms with Gasteiger partial charge in [0.2, 0.25) is 0 Å². The summed E-state index contributed by atoms with van der Waals surface area (Å²) >= 11 is 5.98. The van der Waals surface area contributed by atoms with Crippen LogP contribution in [-0.2, 0) is 0 Å². The van der Waals surface area contributed by atoms with Crippen molar-refractivity contribution in [1.82, 2.24) is 5.32 Å². The van der Waals surface area contributed by atoms with Crippen molar-refractivity contribution >= 4 is 17.5 Å². The Balaban J connectivity index is 2.36. The van der Waals surface area contributed by atoms with Crippen molar-refractivity contribution in [3.63, 3.8) is 0 Å². The summed E-state index contributed by atoms with van der Waals surface area (Å²) in [6, 6.07) is 1.71. The van der Waals surface area contributed by atoms with Crippen LogP contribution in [0.15, 0.2) is 16.7 Å². The lowest BCUT2D eigenvalue weighted by Gasteiger charge is -2.08. The fraction of sp³-hybridized carbons (Fsp3) is 0.545. The van der Waals surface area contributed by atoms with E-state index in [1.54, 1.807) is 13.0 Å². The molecule has 84 valence electrons. The van der Waals surface area contributed by atoms with Crippen LogP contribution in [0.4, 0.5) is 0 Å². The van der Waals surface area contributed by atoms with Crippen molar-refractivity contribution < 1.29 is 9.21 Å². The number of furan rings is 1. The normalized spacial score (nSPS) is 12.5. The molecule has 4 heteroatoms. The number of amides is 1. The minimum atomic E-state index is -0.131. The maximum atomic E-state index is 11.5. The van der Waals surface area contributed by atoms with E-state index in [0.29, 0.717) is 12.1 Å². The number of carbonyl (C=O) groups excluding carboxylic acids is 1. The van der Waals surface area contributed by atoms with Gasteiger partial charge in [0.1, 0.15) is 12.0 Å². The molecule has 0 saturated carbocycles. The Labute approximate surface area is 94.8 Å². The second-order valence-electron chi connectivity index (χ2n) is 3.54. The Morgan fingerprint density at radius 3 is 2.93 bits per heavy atom. The molecule has 15 heavy (non-hydrogen) atoms. The van der Waals surface area contributed by atoms with Gasteiger partial charge in [-0.25, -0.2) is 0 Å². The predicted octanol–water partition coefficient (Wildman–Crippen LogP) is 2.73. The minimum Gasteiger partial charge on any atom is -0.469 e. The number of carbonyl (C=O) groups is 1. The van der Waals surface area contributed by atoms with Gasteiger partial charge in [0.15, 0.2) is 0 Å². The highest BCUT2D eigenvalue weighted by Crippen LogP contribution is 2.07. The zero-order valence-corrected chi connectivity index (χ0v) is 9.80. The van der Waals surface area contributed by atoms with Gasteiger partial charge in [-0.3, -0.25) is 4.79 Å². The average molecular weight is 230 g/mol. The zero-order valence-electron chi connectivity index (χ0n) is 9.05. The topological polar surface area (TPSA) is 42.2 Å². The van der Waals surface area contributed by atoms with Crippen LogP contribution in [0.25, 0.3) is 0 Å². The molecule has 0 aromatic carbocycles. The molecular formula is C11H16ClNO2. The molecule has 1 heterocycles. The molecule has 0 radical (unpaired) electrons. The van der Waals surface area contributed by atoms with Gasteiger partial charge in [0, 0.05) is 6.54 Å². The zero-order chi connectivity index (χ0) is 11.3. The van der Waals surface area contributed by atoms with Gasteiger partial charge < -0.3 is 9.73 Å². The van der Waals surface area contributed by atoms with Crippen LogP contribution < -0.4 is 5.32 Å². The van der Waals surface area contributed by atoms with Gasteiger partial charge in [0.25, 0.3) is 5.91 Å². The van der Waals surface area contributed by atoms with Gasteiger partial charge >= 0.3 is 0 Å². The molecule has 0 fully saturated rings. The Bertz CT molecular complexity index is 322. The predicted molar refractivity (Wildman–Crippen MR) is 60.3 cm³/mol. The third-order valence-corrected chi connectivity index (χ3v) is 2.45. The van der Waals surface area contributed by atoms with Crippen molar-refractivity contribution in [1.29, 1.82) is 0 Å². The monoisotopic (exact) mass is 229 g/mol. The first-order chi connectivity index (χ1) is 7.13. The number of nitrogens with one attached hydrogen (secondary N) is 1. The van der Waals surface area contributed by atoms with E-state index in [9.17, 15) is 4.79 Å². The van der Waals surface area contributed by atoms with Crippen LogP contribution in [0.3, 0.4) is 0 Å². The van der Waals surface area contributed by atoms with Crippen LogP contribution in [0.2, 0.25) is 0 Å². The lowest BCUT2D eigenvalue weighted by molar-refractivity contribution is 0.0952. The van der Waals surface area contributed by atoms with Crippen LogP contribution in [0, 0.1) is 6.92 Å². The number of alkyl halides is 1. The lowest BCUT2D eigenvalue weighted by Crippen LogP contribution is -2.29. The molecule has 1 N–H and O–H groups in total. The Kier molecular flexibility index (Phi) is 4.69. The fourth-order valence-electron chi connectivity index (χ4n) is 1.28. The molecule has 0 saturated heterocycles. The first-order valence-corrected chi connectivity index (χ1v) is 5.54. The molecule has 1 amide bonds. The van der Waals surface area contributed by atoms with E-state index in [4.69, 9.17) is 16.0 Å². The standard InChI is InChI=1S/C11H16ClNO2/c1-3-4-10(12)6-13-11(14)9-5-8(2)15-7-9/h5,7,10H,3-4,6H2,1-2H3,(H,13,14). The molecule has 1 rings (SSSR count). The van der Waals surface area contributed by atoms with Gasteiger partial charge in [-0.1, -0.05) is 13.3 Å². The molecule has 1 atom stereocenters. The second kappa shape index (κ2) is 5.81. The van der Waals surface area contributed by atoms with Crippen molar-refractivity contribution in [2.24, 2.45) is 0 Å². The van der Waals surface area contributed by atoms with Crippen LogP contribution in [0.1, 0.15) is 35.9 Å². The van der Waals surface area contributed by atoms with E-state index in [2.05, 4.69) is 12.2 Å². The van der Waals surface area contributed by atoms with Gasteiger partial charge in [0.05, 0.1) is 10.9 Å². The van der Waals surface area contributed by atoms with Crippen molar-refractivity contribution in [2.75, 3.05) is 6.54 Å². The van der Waals surface area contributed by atoms with E-state index in [-0.39, 0.29) is 11.3 Å². The maximum Gasteiger partial charge on any atom is 0.254 e. The molecule has 1 unspecified atom stereocenters. The minimum absolute atomic E-state index is 0.00643. The summed E-state index contributed by atoms with van der Waals surface area (Å²) in [6.07, 6.45) is 3.38. The largest absolute Gasteiger partial charge is 0.469 e. The molecule has 0 aliphatic carbocycles. The summed E-state index contributed by atoms with van der Waals surface area (Å²) in [4.78, 5) is 11.5. The SMILES string of the molecule is CCCC(Cl)CNC(=O)c1coc(C)c1. The highest BCUT2D eigenvalue weighted by Gasteiger charge is 2.10. The molecule has 0 aliphatic heterocycles.